The van der Waals surface area contributed by atoms with Crippen LogP contribution in [0, 0.1) is 11.8 Å². The minimum absolute atomic E-state index is 0.0546. The molecule has 0 bridgehead atoms. The molecule has 4 rings (SSSR count). The van der Waals surface area contributed by atoms with E-state index in [9.17, 15) is 9.59 Å². The van der Waals surface area contributed by atoms with Gasteiger partial charge in [0, 0.05) is 26.1 Å². The van der Waals surface area contributed by atoms with E-state index in [1.807, 2.05) is 29.2 Å². The molecule has 5 heteroatoms. The van der Waals surface area contributed by atoms with Crippen LogP contribution in [-0.2, 0) is 9.59 Å². The number of nitrogens with zero attached hydrogens (tertiary/aromatic N) is 2. The van der Waals surface area contributed by atoms with Crippen LogP contribution in [0.4, 0.5) is 5.69 Å². The van der Waals surface area contributed by atoms with Crippen LogP contribution in [0.15, 0.2) is 24.3 Å². The second kappa shape index (κ2) is 6.46. The maximum Gasteiger partial charge on any atom is 0.265 e. The summed E-state index contributed by atoms with van der Waals surface area (Å²) >= 11 is 0. The van der Waals surface area contributed by atoms with Crippen molar-refractivity contribution in [3.05, 3.63) is 24.3 Å². The largest absolute Gasteiger partial charge is 0.482 e. The van der Waals surface area contributed by atoms with E-state index in [-0.39, 0.29) is 18.4 Å². The van der Waals surface area contributed by atoms with Gasteiger partial charge >= 0.3 is 0 Å². The molecule has 5 nitrogen and oxygen atoms in total. The number of benzene rings is 1. The van der Waals surface area contributed by atoms with Crippen LogP contribution >= 0.6 is 0 Å². The Bertz CT molecular complexity index is 623. The van der Waals surface area contributed by atoms with Crippen molar-refractivity contribution in [2.45, 2.75) is 32.1 Å². The van der Waals surface area contributed by atoms with E-state index in [2.05, 4.69) is 0 Å². The normalized spacial score (nSPS) is 19.7. The van der Waals surface area contributed by atoms with Gasteiger partial charge in [0.15, 0.2) is 6.61 Å². The van der Waals surface area contributed by atoms with Gasteiger partial charge in [-0.2, -0.15) is 0 Å². The molecule has 2 fully saturated rings. The van der Waals surface area contributed by atoms with Crippen molar-refractivity contribution in [2.24, 2.45) is 11.8 Å². The minimum atomic E-state index is -0.0718. The van der Waals surface area contributed by atoms with Crippen LogP contribution in [0.3, 0.4) is 0 Å². The highest BCUT2D eigenvalue weighted by Gasteiger charge is 2.32. The number of carbonyl (C=O) groups excluding carboxylic acids is 2. The Balaban J connectivity index is 1.39. The first kappa shape index (κ1) is 15.5. The van der Waals surface area contributed by atoms with E-state index in [0.717, 1.165) is 24.5 Å². The highest BCUT2D eigenvalue weighted by atomic mass is 16.5. The van der Waals surface area contributed by atoms with Crippen LogP contribution in [0.1, 0.15) is 32.1 Å². The Morgan fingerprint density at radius 1 is 1.12 bits per heavy atom. The molecule has 1 aromatic carbocycles. The molecule has 128 valence electrons. The maximum atomic E-state index is 12.7. The maximum absolute atomic E-state index is 12.7. The van der Waals surface area contributed by atoms with Crippen molar-refractivity contribution in [1.82, 2.24) is 4.90 Å². The summed E-state index contributed by atoms with van der Waals surface area (Å²) in [5.74, 6) is 2.25. The number of amides is 2. The number of anilines is 1. The molecule has 0 saturated heterocycles. The van der Waals surface area contributed by atoms with Crippen molar-refractivity contribution in [3.8, 4) is 5.75 Å². The van der Waals surface area contributed by atoms with E-state index >= 15 is 0 Å². The van der Waals surface area contributed by atoms with Gasteiger partial charge in [-0.25, -0.2) is 0 Å². The Hall–Kier alpha value is -2.04. The molecule has 1 aromatic rings. The van der Waals surface area contributed by atoms with E-state index in [4.69, 9.17) is 4.74 Å². The lowest BCUT2D eigenvalue weighted by Gasteiger charge is -2.30. The zero-order valence-electron chi connectivity index (χ0n) is 13.9. The number of carbonyl (C=O) groups is 2. The molecule has 2 aliphatic carbocycles. The van der Waals surface area contributed by atoms with Crippen molar-refractivity contribution >= 4 is 17.5 Å². The minimum Gasteiger partial charge on any atom is -0.482 e. The van der Waals surface area contributed by atoms with Gasteiger partial charge in [0.25, 0.3) is 5.91 Å². The van der Waals surface area contributed by atoms with Gasteiger partial charge in [-0.3, -0.25) is 9.59 Å². The molecule has 1 heterocycles. The molecule has 0 spiro atoms. The van der Waals surface area contributed by atoms with Crippen molar-refractivity contribution < 1.29 is 14.3 Å². The third kappa shape index (κ3) is 3.55. The highest BCUT2D eigenvalue weighted by Crippen LogP contribution is 2.34. The number of para-hydroxylation sites is 2. The average molecular weight is 328 g/mol. The summed E-state index contributed by atoms with van der Waals surface area (Å²) in [6.45, 7) is 2.30. The molecule has 0 radical (unpaired) electrons. The first-order chi connectivity index (χ1) is 11.7. The number of rotatable bonds is 7. The number of ether oxygens (including phenoxy) is 1. The number of hydrogen-bond donors (Lipinski definition) is 0. The summed E-state index contributed by atoms with van der Waals surface area (Å²) in [6, 6.07) is 7.53. The molecule has 2 saturated carbocycles. The Kier molecular flexibility index (Phi) is 4.17. The Morgan fingerprint density at radius 2 is 1.79 bits per heavy atom. The summed E-state index contributed by atoms with van der Waals surface area (Å²) in [5.41, 5.74) is 0.775. The van der Waals surface area contributed by atoms with Gasteiger partial charge in [0.05, 0.1) is 5.69 Å². The second-order valence-corrected chi connectivity index (χ2v) is 7.24. The SMILES string of the molecule is O=C(CCN1C(=O)COc2ccccc21)N(CC1CC1)CC1CC1. The second-order valence-electron chi connectivity index (χ2n) is 7.24. The van der Waals surface area contributed by atoms with Gasteiger partial charge in [-0.1, -0.05) is 12.1 Å². The third-order valence-corrected chi connectivity index (χ3v) is 5.06. The number of fused-ring (bicyclic) bond motifs is 1. The van der Waals surface area contributed by atoms with Crippen LogP contribution in [0.2, 0.25) is 0 Å². The van der Waals surface area contributed by atoms with Crippen molar-refractivity contribution in [3.63, 3.8) is 0 Å². The summed E-state index contributed by atoms with van der Waals surface area (Å²) in [4.78, 5) is 28.6. The molecule has 0 aromatic heterocycles. The average Bonchev–Trinajstić information content (AvgIpc) is 3.49. The molecular formula is C19H24N2O3. The van der Waals surface area contributed by atoms with Crippen LogP contribution in [-0.4, -0.2) is 43.0 Å². The first-order valence-corrected chi connectivity index (χ1v) is 9.00. The fourth-order valence-electron chi connectivity index (χ4n) is 3.27. The number of hydrogen-bond acceptors (Lipinski definition) is 3. The lowest BCUT2D eigenvalue weighted by Crippen LogP contribution is -2.42. The first-order valence-electron chi connectivity index (χ1n) is 9.00. The molecule has 2 amide bonds. The van der Waals surface area contributed by atoms with Gasteiger partial charge in [0.1, 0.15) is 5.75 Å². The molecule has 0 unspecified atom stereocenters. The van der Waals surface area contributed by atoms with Crippen LogP contribution in [0.5, 0.6) is 5.75 Å². The van der Waals surface area contributed by atoms with Gasteiger partial charge < -0.3 is 14.5 Å². The molecule has 3 aliphatic rings. The van der Waals surface area contributed by atoms with Crippen LogP contribution < -0.4 is 9.64 Å². The summed E-state index contributed by atoms with van der Waals surface area (Å²) < 4.78 is 5.46. The van der Waals surface area contributed by atoms with Crippen LogP contribution in [0.25, 0.3) is 0 Å². The fourth-order valence-corrected chi connectivity index (χ4v) is 3.27. The van der Waals surface area contributed by atoms with E-state index < -0.39 is 0 Å². The van der Waals surface area contributed by atoms with Gasteiger partial charge in [0.2, 0.25) is 5.91 Å². The Morgan fingerprint density at radius 3 is 2.46 bits per heavy atom. The topological polar surface area (TPSA) is 49.9 Å². The summed E-state index contributed by atoms with van der Waals surface area (Å²) in [6.07, 6.45) is 5.40. The fraction of sp³-hybridized carbons (Fsp3) is 0.579. The highest BCUT2D eigenvalue weighted by molar-refractivity contribution is 5.98. The van der Waals surface area contributed by atoms with Gasteiger partial charge in [-0.05, 0) is 49.7 Å². The smallest absolute Gasteiger partial charge is 0.265 e. The molecular weight excluding hydrogens is 304 g/mol. The molecule has 0 atom stereocenters. The van der Waals surface area contributed by atoms with Crippen molar-refractivity contribution in [1.29, 1.82) is 0 Å². The van der Waals surface area contributed by atoms with Gasteiger partial charge in [-0.15, -0.1) is 0 Å². The molecule has 1 aliphatic heterocycles. The predicted molar refractivity (Wildman–Crippen MR) is 90.9 cm³/mol. The lowest BCUT2D eigenvalue weighted by atomic mass is 10.2. The zero-order valence-corrected chi connectivity index (χ0v) is 13.9. The lowest BCUT2D eigenvalue weighted by molar-refractivity contribution is -0.131. The van der Waals surface area contributed by atoms with E-state index in [1.165, 1.54) is 25.7 Å². The molecule has 24 heavy (non-hydrogen) atoms. The zero-order chi connectivity index (χ0) is 16.5. The van der Waals surface area contributed by atoms with E-state index in [1.54, 1.807) is 4.90 Å². The Labute approximate surface area is 142 Å². The predicted octanol–water partition coefficient (Wildman–Crippen LogP) is 2.45. The van der Waals surface area contributed by atoms with Crippen molar-refractivity contribution in [2.75, 3.05) is 31.1 Å². The third-order valence-electron chi connectivity index (χ3n) is 5.06. The summed E-state index contributed by atoms with van der Waals surface area (Å²) in [5, 5.41) is 0. The quantitative estimate of drug-likeness (QED) is 0.772. The molecule has 0 N–H and O–H groups in total. The summed E-state index contributed by atoms with van der Waals surface area (Å²) in [7, 11) is 0. The monoisotopic (exact) mass is 328 g/mol. The standard InChI is InChI=1S/C19H24N2O3/c22-18(20(11-14-5-6-14)12-15-7-8-15)9-10-21-16-3-1-2-4-17(16)24-13-19(21)23/h1-4,14-15H,5-13H2. The van der Waals surface area contributed by atoms with E-state index in [0.29, 0.717) is 24.8 Å².